The average molecular weight is 389 g/mol. The van der Waals surface area contributed by atoms with E-state index in [2.05, 4.69) is 40.3 Å². The SMILES string of the molecule is C[C@H]1CCCN(c2cc(N3CCCC[C@H]3C)nc(NC(=S)NC3CC3)n2)C1. The maximum Gasteiger partial charge on any atom is 0.232 e. The molecule has 1 saturated carbocycles. The van der Waals surface area contributed by atoms with E-state index in [-0.39, 0.29) is 0 Å². The molecule has 148 valence electrons. The first-order valence-corrected chi connectivity index (χ1v) is 11.0. The predicted molar refractivity (Wildman–Crippen MR) is 116 cm³/mol. The monoisotopic (exact) mass is 388 g/mol. The standard InChI is InChI=1S/C20H32N6S/c1-14-6-5-10-25(13-14)17-12-18(26-11-4-3-7-15(26)2)23-19(22-17)24-20(27)21-16-8-9-16/h12,14-16H,3-11,13H2,1-2H3,(H2,21,22,23,24,27)/t14-,15+/m0/s1. The van der Waals surface area contributed by atoms with E-state index in [4.69, 9.17) is 22.2 Å². The molecule has 2 aliphatic heterocycles. The average Bonchev–Trinajstić information content (AvgIpc) is 3.45. The number of piperidine rings is 2. The van der Waals surface area contributed by atoms with Crippen molar-refractivity contribution in [2.75, 3.05) is 34.8 Å². The topological polar surface area (TPSA) is 56.3 Å². The number of thiocarbonyl (C=S) groups is 1. The van der Waals surface area contributed by atoms with Gasteiger partial charge in [-0.05, 0) is 70.0 Å². The highest BCUT2D eigenvalue weighted by molar-refractivity contribution is 7.80. The summed E-state index contributed by atoms with van der Waals surface area (Å²) in [6.07, 6.45) is 8.69. The van der Waals surface area contributed by atoms with Gasteiger partial charge in [-0.2, -0.15) is 9.97 Å². The van der Waals surface area contributed by atoms with Crippen LogP contribution in [0.4, 0.5) is 17.6 Å². The minimum Gasteiger partial charge on any atom is -0.360 e. The quantitative estimate of drug-likeness (QED) is 0.765. The summed E-state index contributed by atoms with van der Waals surface area (Å²) in [5.74, 6) is 3.39. The third-order valence-electron chi connectivity index (χ3n) is 5.92. The van der Waals surface area contributed by atoms with Gasteiger partial charge in [0.25, 0.3) is 0 Å². The van der Waals surface area contributed by atoms with Gasteiger partial charge in [0.15, 0.2) is 5.11 Å². The van der Waals surface area contributed by atoms with Gasteiger partial charge >= 0.3 is 0 Å². The Kier molecular flexibility index (Phi) is 5.66. The molecule has 6 nitrogen and oxygen atoms in total. The molecule has 4 rings (SSSR count). The fourth-order valence-electron chi connectivity index (χ4n) is 4.17. The number of aromatic nitrogens is 2. The van der Waals surface area contributed by atoms with Crippen molar-refractivity contribution >= 4 is 34.9 Å². The van der Waals surface area contributed by atoms with E-state index in [1.165, 1.54) is 44.9 Å². The molecule has 0 spiro atoms. The molecule has 7 heteroatoms. The van der Waals surface area contributed by atoms with E-state index >= 15 is 0 Å². The number of rotatable bonds is 4. The fraction of sp³-hybridized carbons (Fsp3) is 0.750. The molecule has 1 aromatic heterocycles. The van der Waals surface area contributed by atoms with Gasteiger partial charge in [0, 0.05) is 37.8 Å². The van der Waals surface area contributed by atoms with Crippen LogP contribution in [0.15, 0.2) is 6.07 Å². The minimum absolute atomic E-state index is 0.520. The summed E-state index contributed by atoms with van der Waals surface area (Å²) in [5.41, 5.74) is 0. The zero-order valence-corrected chi connectivity index (χ0v) is 17.4. The number of hydrogen-bond donors (Lipinski definition) is 2. The summed E-state index contributed by atoms with van der Waals surface area (Å²) in [7, 11) is 0. The molecule has 3 fully saturated rings. The molecular weight excluding hydrogens is 356 g/mol. The third kappa shape index (κ3) is 4.81. The molecule has 0 bridgehead atoms. The smallest absolute Gasteiger partial charge is 0.232 e. The molecule has 3 heterocycles. The molecule has 1 aliphatic carbocycles. The Morgan fingerprint density at radius 2 is 1.85 bits per heavy atom. The van der Waals surface area contributed by atoms with Crippen molar-refractivity contribution in [3.63, 3.8) is 0 Å². The highest BCUT2D eigenvalue weighted by Crippen LogP contribution is 2.29. The lowest BCUT2D eigenvalue weighted by molar-refractivity contribution is 0.444. The van der Waals surface area contributed by atoms with Crippen molar-refractivity contribution in [2.45, 2.75) is 70.9 Å². The normalized spacial score (nSPS) is 26.0. The molecule has 2 atom stereocenters. The molecule has 2 N–H and O–H groups in total. The molecule has 0 aromatic carbocycles. The van der Waals surface area contributed by atoms with Crippen LogP contribution >= 0.6 is 12.2 Å². The Bertz CT molecular complexity index is 676. The van der Waals surface area contributed by atoms with Crippen LogP contribution in [-0.2, 0) is 0 Å². The van der Waals surface area contributed by atoms with Crippen LogP contribution in [0.25, 0.3) is 0 Å². The molecule has 1 aromatic rings. The van der Waals surface area contributed by atoms with E-state index in [9.17, 15) is 0 Å². The molecule has 2 saturated heterocycles. The summed E-state index contributed by atoms with van der Waals surface area (Å²) in [6.45, 7) is 7.83. The summed E-state index contributed by atoms with van der Waals surface area (Å²) in [5, 5.41) is 7.21. The molecule has 27 heavy (non-hydrogen) atoms. The van der Waals surface area contributed by atoms with Crippen LogP contribution in [0.5, 0.6) is 0 Å². The van der Waals surface area contributed by atoms with Crippen LogP contribution < -0.4 is 20.4 Å². The maximum atomic E-state index is 5.46. The zero-order valence-electron chi connectivity index (χ0n) is 16.6. The van der Waals surface area contributed by atoms with E-state index in [0.29, 0.717) is 29.1 Å². The molecule has 0 radical (unpaired) electrons. The second-order valence-corrected chi connectivity index (χ2v) is 8.92. The van der Waals surface area contributed by atoms with Crippen LogP contribution in [0, 0.1) is 5.92 Å². The third-order valence-corrected chi connectivity index (χ3v) is 6.14. The number of hydrogen-bond acceptors (Lipinski definition) is 5. The Labute approximate surface area is 168 Å². The minimum atomic E-state index is 0.520. The van der Waals surface area contributed by atoms with Crippen molar-refractivity contribution in [2.24, 2.45) is 5.92 Å². The number of nitrogens with zero attached hydrogens (tertiary/aromatic N) is 4. The van der Waals surface area contributed by atoms with Gasteiger partial charge in [0.2, 0.25) is 5.95 Å². The predicted octanol–water partition coefficient (Wildman–Crippen LogP) is 3.54. The highest BCUT2D eigenvalue weighted by Gasteiger charge is 2.25. The van der Waals surface area contributed by atoms with Crippen molar-refractivity contribution in [1.29, 1.82) is 0 Å². The summed E-state index contributed by atoms with van der Waals surface area (Å²) >= 11 is 5.46. The second kappa shape index (κ2) is 8.17. The van der Waals surface area contributed by atoms with E-state index < -0.39 is 0 Å². The van der Waals surface area contributed by atoms with Gasteiger partial charge in [0.1, 0.15) is 11.6 Å². The van der Waals surface area contributed by atoms with Gasteiger partial charge in [-0.15, -0.1) is 0 Å². The Hall–Kier alpha value is -1.63. The van der Waals surface area contributed by atoms with Crippen molar-refractivity contribution in [3.05, 3.63) is 6.07 Å². The van der Waals surface area contributed by atoms with Crippen LogP contribution in [-0.4, -0.2) is 46.8 Å². The molecule has 0 amide bonds. The maximum absolute atomic E-state index is 5.46. The van der Waals surface area contributed by atoms with Gasteiger partial charge < -0.3 is 20.4 Å². The Morgan fingerprint density at radius 1 is 1.04 bits per heavy atom. The van der Waals surface area contributed by atoms with E-state index in [1.54, 1.807) is 0 Å². The van der Waals surface area contributed by atoms with E-state index in [0.717, 1.165) is 31.3 Å². The van der Waals surface area contributed by atoms with Gasteiger partial charge in [-0.1, -0.05) is 6.92 Å². The van der Waals surface area contributed by atoms with E-state index in [1.807, 2.05) is 0 Å². The second-order valence-electron chi connectivity index (χ2n) is 8.51. The van der Waals surface area contributed by atoms with Crippen molar-refractivity contribution in [3.8, 4) is 0 Å². The van der Waals surface area contributed by atoms with Gasteiger partial charge in [0.05, 0.1) is 0 Å². The lowest BCUT2D eigenvalue weighted by atomic mass is 10.0. The number of anilines is 3. The summed E-state index contributed by atoms with van der Waals surface area (Å²) in [6, 6.07) is 3.23. The molecule has 0 unspecified atom stereocenters. The first kappa shape index (κ1) is 18.7. The summed E-state index contributed by atoms with van der Waals surface area (Å²) in [4.78, 5) is 14.5. The lowest BCUT2D eigenvalue weighted by Crippen LogP contribution is -2.39. The van der Waals surface area contributed by atoms with Crippen LogP contribution in [0.2, 0.25) is 0 Å². The zero-order chi connectivity index (χ0) is 18.8. The van der Waals surface area contributed by atoms with Crippen molar-refractivity contribution < 1.29 is 0 Å². The van der Waals surface area contributed by atoms with Gasteiger partial charge in [-0.25, -0.2) is 0 Å². The van der Waals surface area contributed by atoms with Gasteiger partial charge in [-0.3, -0.25) is 0 Å². The Morgan fingerprint density at radius 3 is 2.59 bits per heavy atom. The first-order valence-electron chi connectivity index (χ1n) is 10.6. The molecular formula is C20H32N6S. The van der Waals surface area contributed by atoms with Crippen LogP contribution in [0.1, 0.15) is 58.8 Å². The number of nitrogens with one attached hydrogen (secondary N) is 2. The highest BCUT2D eigenvalue weighted by atomic mass is 32.1. The first-order chi connectivity index (χ1) is 13.1. The fourth-order valence-corrected chi connectivity index (χ4v) is 4.43. The summed E-state index contributed by atoms with van der Waals surface area (Å²) < 4.78 is 0. The van der Waals surface area contributed by atoms with Crippen LogP contribution in [0.3, 0.4) is 0 Å². The largest absolute Gasteiger partial charge is 0.360 e. The van der Waals surface area contributed by atoms with Crippen molar-refractivity contribution in [1.82, 2.24) is 15.3 Å². The Balaban J connectivity index is 1.59. The lowest BCUT2D eigenvalue weighted by Gasteiger charge is -2.36. The molecule has 3 aliphatic rings.